The van der Waals surface area contributed by atoms with E-state index in [1.54, 1.807) is 0 Å². The molecule has 1 heterocycles. The normalized spacial score (nSPS) is 27.1. The summed E-state index contributed by atoms with van der Waals surface area (Å²) in [6.45, 7) is 4.65. The van der Waals surface area contributed by atoms with Gasteiger partial charge in [0.15, 0.2) is 5.13 Å². The van der Waals surface area contributed by atoms with Gasteiger partial charge >= 0.3 is 0 Å². The molecular formula is C11H19N3S. The van der Waals surface area contributed by atoms with E-state index in [1.165, 1.54) is 37.2 Å². The highest BCUT2D eigenvalue weighted by molar-refractivity contribution is 7.09. The lowest BCUT2D eigenvalue weighted by molar-refractivity contribution is 0.255. The van der Waals surface area contributed by atoms with E-state index in [4.69, 9.17) is 5.73 Å². The molecule has 1 saturated carbocycles. The van der Waals surface area contributed by atoms with Crippen LogP contribution >= 0.6 is 11.5 Å². The Kier molecular flexibility index (Phi) is 3.24. The highest BCUT2D eigenvalue weighted by atomic mass is 32.1. The Morgan fingerprint density at radius 3 is 2.40 bits per heavy atom. The lowest BCUT2D eigenvalue weighted by Gasteiger charge is -2.29. The van der Waals surface area contributed by atoms with Crippen molar-refractivity contribution in [2.45, 2.75) is 45.4 Å². The molecule has 4 heteroatoms. The van der Waals surface area contributed by atoms with Gasteiger partial charge in [0.2, 0.25) is 0 Å². The summed E-state index contributed by atoms with van der Waals surface area (Å²) in [5.74, 6) is 3.27. The maximum atomic E-state index is 5.61. The minimum atomic E-state index is 0.563. The molecule has 0 aliphatic heterocycles. The minimum Gasteiger partial charge on any atom is -0.374 e. The van der Waals surface area contributed by atoms with Crippen LogP contribution in [0.25, 0.3) is 0 Å². The van der Waals surface area contributed by atoms with Crippen LogP contribution in [0.1, 0.15) is 51.3 Å². The van der Waals surface area contributed by atoms with Crippen molar-refractivity contribution in [1.82, 2.24) is 9.36 Å². The van der Waals surface area contributed by atoms with Crippen molar-refractivity contribution in [1.29, 1.82) is 0 Å². The van der Waals surface area contributed by atoms with Crippen molar-refractivity contribution >= 4 is 16.7 Å². The van der Waals surface area contributed by atoms with E-state index >= 15 is 0 Å². The first-order valence-electron chi connectivity index (χ1n) is 5.76. The Bertz CT molecular complexity index is 313. The second-order valence-corrected chi connectivity index (χ2v) is 5.63. The van der Waals surface area contributed by atoms with Crippen LogP contribution in [0, 0.1) is 11.8 Å². The second kappa shape index (κ2) is 4.47. The SMILES string of the molecule is CC(C)C1CCC(c2nsc(N)n2)CC1. The summed E-state index contributed by atoms with van der Waals surface area (Å²) in [6, 6.07) is 0. The summed E-state index contributed by atoms with van der Waals surface area (Å²) in [6.07, 6.45) is 5.11. The van der Waals surface area contributed by atoms with Gasteiger partial charge < -0.3 is 5.73 Å². The van der Waals surface area contributed by atoms with Gasteiger partial charge in [-0.3, -0.25) is 0 Å². The number of rotatable bonds is 2. The molecule has 0 spiro atoms. The van der Waals surface area contributed by atoms with Gasteiger partial charge in [-0.05, 0) is 37.5 Å². The summed E-state index contributed by atoms with van der Waals surface area (Å²) < 4.78 is 4.31. The number of nitrogens with two attached hydrogens (primary N) is 1. The average molecular weight is 225 g/mol. The Morgan fingerprint density at radius 2 is 1.93 bits per heavy atom. The third kappa shape index (κ3) is 2.48. The van der Waals surface area contributed by atoms with Gasteiger partial charge in [0.25, 0.3) is 0 Å². The Morgan fingerprint density at radius 1 is 1.27 bits per heavy atom. The van der Waals surface area contributed by atoms with Crippen molar-refractivity contribution in [2.75, 3.05) is 5.73 Å². The van der Waals surface area contributed by atoms with E-state index in [-0.39, 0.29) is 0 Å². The molecule has 2 N–H and O–H groups in total. The lowest BCUT2D eigenvalue weighted by atomic mass is 9.77. The molecule has 1 aliphatic rings. The van der Waals surface area contributed by atoms with Gasteiger partial charge in [-0.15, -0.1) is 0 Å². The number of anilines is 1. The van der Waals surface area contributed by atoms with Gasteiger partial charge in [-0.1, -0.05) is 13.8 Å². The molecule has 0 amide bonds. The smallest absolute Gasteiger partial charge is 0.199 e. The molecule has 0 bridgehead atoms. The molecule has 1 aliphatic carbocycles. The van der Waals surface area contributed by atoms with E-state index in [0.29, 0.717) is 11.0 Å². The van der Waals surface area contributed by atoms with Gasteiger partial charge in [-0.25, -0.2) is 4.98 Å². The molecule has 0 radical (unpaired) electrons. The Balaban J connectivity index is 1.93. The predicted octanol–water partition coefficient (Wildman–Crippen LogP) is 3.05. The Hall–Kier alpha value is -0.640. The molecule has 1 fully saturated rings. The van der Waals surface area contributed by atoms with Crippen molar-refractivity contribution < 1.29 is 0 Å². The van der Waals surface area contributed by atoms with Crippen molar-refractivity contribution in [3.8, 4) is 0 Å². The molecule has 1 aromatic heterocycles. The average Bonchev–Trinajstić information content (AvgIpc) is 2.65. The molecule has 15 heavy (non-hydrogen) atoms. The van der Waals surface area contributed by atoms with Crippen LogP contribution in [0.2, 0.25) is 0 Å². The van der Waals surface area contributed by atoms with Crippen LogP contribution < -0.4 is 5.73 Å². The van der Waals surface area contributed by atoms with Crippen molar-refractivity contribution in [3.63, 3.8) is 0 Å². The number of aromatic nitrogens is 2. The third-order valence-corrected chi connectivity index (χ3v) is 4.09. The fraction of sp³-hybridized carbons (Fsp3) is 0.818. The highest BCUT2D eigenvalue weighted by Crippen LogP contribution is 2.37. The standard InChI is InChI=1S/C11H19N3S/c1-7(2)8-3-5-9(6-4-8)10-13-11(12)15-14-10/h7-9H,3-6H2,1-2H3,(H2,12,13,14). The zero-order valence-electron chi connectivity index (χ0n) is 9.44. The van der Waals surface area contributed by atoms with E-state index < -0.39 is 0 Å². The molecule has 2 rings (SSSR count). The molecule has 0 atom stereocenters. The number of hydrogen-bond donors (Lipinski definition) is 1. The summed E-state index contributed by atoms with van der Waals surface area (Å²) >= 11 is 1.32. The summed E-state index contributed by atoms with van der Waals surface area (Å²) in [5.41, 5.74) is 5.61. The first kappa shape index (κ1) is 10.9. The fourth-order valence-corrected chi connectivity index (χ4v) is 2.97. The Labute approximate surface area is 95.3 Å². The molecule has 0 aromatic carbocycles. The lowest BCUT2D eigenvalue weighted by Crippen LogP contribution is -2.18. The first-order chi connectivity index (χ1) is 7.16. The summed E-state index contributed by atoms with van der Waals surface area (Å²) in [4.78, 5) is 4.29. The topological polar surface area (TPSA) is 51.8 Å². The van der Waals surface area contributed by atoms with E-state index in [1.807, 2.05) is 0 Å². The van der Waals surface area contributed by atoms with Crippen molar-refractivity contribution in [3.05, 3.63) is 5.82 Å². The van der Waals surface area contributed by atoms with E-state index in [9.17, 15) is 0 Å². The molecule has 1 aromatic rings. The van der Waals surface area contributed by atoms with Crippen LogP contribution in [-0.2, 0) is 0 Å². The number of hydrogen-bond acceptors (Lipinski definition) is 4. The quantitative estimate of drug-likeness (QED) is 0.841. The van der Waals surface area contributed by atoms with Gasteiger partial charge in [0.05, 0.1) is 0 Å². The summed E-state index contributed by atoms with van der Waals surface area (Å²) in [5, 5.41) is 0.607. The zero-order chi connectivity index (χ0) is 10.8. The number of nitrogen functional groups attached to an aromatic ring is 1. The van der Waals surface area contributed by atoms with Crippen LogP contribution in [0.3, 0.4) is 0 Å². The molecular weight excluding hydrogens is 206 g/mol. The predicted molar refractivity (Wildman–Crippen MR) is 63.9 cm³/mol. The van der Waals surface area contributed by atoms with Crippen LogP contribution in [-0.4, -0.2) is 9.36 Å². The minimum absolute atomic E-state index is 0.563. The second-order valence-electron chi connectivity index (χ2n) is 4.85. The van der Waals surface area contributed by atoms with Gasteiger partial charge in [0.1, 0.15) is 5.82 Å². The fourth-order valence-electron chi connectivity index (χ4n) is 2.46. The van der Waals surface area contributed by atoms with Crippen LogP contribution in [0.15, 0.2) is 0 Å². The third-order valence-electron chi connectivity index (χ3n) is 3.54. The molecule has 84 valence electrons. The van der Waals surface area contributed by atoms with Gasteiger partial charge in [0, 0.05) is 17.5 Å². The van der Waals surface area contributed by atoms with Gasteiger partial charge in [-0.2, -0.15) is 4.37 Å². The first-order valence-corrected chi connectivity index (χ1v) is 6.53. The van der Waals surface area contributed by atoms with Crippen LogP contribution in [0.4, 0.5) is 5.13 Å². The molecule has 3 nitrogen and oxygen atoms in total. The molecule has 0 unspecified atom stereocenters. The highest BCUT2D eigenvalue weighted by Gasteiger charge is 2.26. The van der Waals surface area contributed by atoms with E-state index in [2.05, 4.69) is 23.2 Å². The molecule has 0 saturated heterocycles. The largest absolute Gasteiger partial charge is 0.374 e. The van der Waals surface area contributed by atoms with Crippen LogP contribution in [0.5, 0.6) is 0 Å². The maximum absolute atomic E-state index is 5.61. The number of nitrogens with zero attached hydrogens (tertiary/aromatic N) is 2. The zero-order valence-corrected chi connectivity index (χ0v) is 10.3. The summed E-state index contributed by atoms with van der Waals surface area (Å²) in [7, 11) is 0. The maximum Gasteiger partial charge on any atom is 0.199 e. The van der Waals surface area contributed by atoms with Crippen molar-refractivity contribution in [2.24, 2.45) is 11.8 Å². The monoisotopic (exact) mass is 225 g/mol. The van der Waals surface area contributed by atoms with E-state index in [0.717, 1.165) is 17.7 Å².